The molecule has 2 aliphatic heterocycles. The number of thiocarbonyl (C=S) groups is 1. The second-order valence-corrected chi connectivity index (χ2v) is 7.14. The summed E-state index contributed by atoms with van der Waals surface area (Å²) in [7, 11) is 0. The average Bonchev–Trinajstić information content (AvgIpc) is 3.13. The minimum absolute atomic E-state index is 0.0487. The summed E-state index contributed by atoms with van der Waals surface area (Å²) in [4.78, 5) is 32.8. The second-order valence-electron chi connectivity index (χ2n) is 6.74. The van der Waals surface area contributed by atoms with Gasteiger partial charge in [0.2, 0.25) is 11.8 Å². The fraction of sp³-hybridized carbons (Fsp3) is 0.556. The van der Waals surface area contributed by atoms with E-state index < -0.39 is 6.04 Å². The largest absolute Gasteiger partial charge is 0.351 e. The molecule has 1 unspecified atom stereocenters. The highest BCUT2D eigenvalue weighted by atomic mass is 32.1. The molecule has 1 atom stereocenters. The van der Waals surface area contributed by atoms with Gasteiger partial charge in [-0.2, -0.15) is 0 Å². The van der Waals surface area contributed by atoms with E-state index in [1.807, 2.05) is 17.0 Å². The zero-order chi connectivity index (χ0) is 18.4. The highest BCUT2D eigenvalue weighted by Crippen LogP contribution is 2.14. The van der Waals surface area contributed by atoms with Crippen molar-refractivity contribution in [2.24, 2.45) is 0 Å². The monoisotopic (exact) mass is 375 g/mol. The molecule has 0 bridgehead atoms. The molecule has 2 fully saturated rings. The van der Waals surface area contributed by atoms with Crippen LogP contribution in [0, 0.1) is 0 Å². The number of carbonyl (C=O) groups is 2. The molecule has 8 heteroatoms. The lowest BCUT2D eigenvalue weighted by atomic mass is 10.1. The lowest BCUT2D eigenvalue weighted by Gasteiger charge is -2.27. The summed E-state index contributed by atoms with van der Waals surface area (Å²) in [6.45, 7) is 2.41. The van der Waals surface area contributed by atoms with Crippen molar-refractivity contribution in [2.45, 2.75) is 38.1 Å². The van der Waals surface area contributed by atoms with Gasteiger partial charge in [-0.15, -0.1) is 0 Å². The molecule has 3 rings (SSSR count). The summed E-state index contributed by atoms with van der Waals surface area (Å²) in [5.74, 6) is -0.00190. The normalized spacial score (nSPS) is 20.6. The van der Waals surface area contributed by atoms with Crippen LogP contribution in [0.5, 0.6) is 0 Å². The number of hydrogen-bond donors (Lipinski definition) is 2. The highest BCUT2D eigenvalue weighted by Gasteiger charge is 2.30. The molecular weight excluding hydrogens is 350 g/mol. The van der Waals surface area contributed by atoms with Gasteiger partial charge in [0.05, 0.1) is 18.4 Å². The van der Waals surface area contributed by atoms with Crippen molar-refractivity contribution >= 4 is 34.8 Å². The summed E-state index contributed by atoms with van der Waals surface area (Å²) < 4.78 is 0. The van der Waals surface area contributed by atoms with Gasteiger partial charge in [-0.25, -0.2) is 0 Å². The van der Waals surface area contributed by atoms with Crippen LogP contribution in [0.3, 0.4) is 0 Å². The topological polar surface area (TPSA) is 77.6 Å². The Balaban J connectivity index is 1.57. The van der Waals surface area contributed by atoms with Crippen LogP contribution in [0.15, 0.2) is 24.5 Å². The van der Waals surface area contributed by atoms with Crippen molar-refractivity contribution in [2.75, 3.05) is 31.5 Å². The molecule has 2 amide bonds. The number of pyridine rings is 1. The maximum atomic E-state index is 12.9. The third-order valence-corrected chi connectivity index (χ3v) is 5.01. The lowest BCUT2D eigenvalue weighted by molar-refractivity contribution is -0.140. The minimum atomic E-state index is -0.402. The van der Waals surface area contributed by atoms with E-state index in [0.717, 1.165) is 44.5 Å². The molecule has 0 saturated carbocycles. The Labute approximate surface area is 159 Å². The summed E-state index contributed by atoms with van der Waals surface area (Å²) in [6.07, 6.45) is 8.00. The maximum absolute atomic E-state index is 12.9. The molecule has 2 aliphatic rings. The van der Waals surface area contributed by atoms with Crippen LogP contribution in [0.25, 0.3) is 0 Å². The number of nitrogens with one attached hydrogen (secondary N) is 2. The Hall–Kier alpha value is -2.22. The van der Waals surface area contributed by atoms with E-state index in [1.165, 1.54) is 0 Å². The first kappa shape index (κ1) is 18.6. The summed E-state index contributed by atoms with van der Waals surface area (Å²) >= 11 is 5.33. The van der Waals surface area contributed by atoms with Crippen molar-refractivity contribution in [1.82, 2.24) is 20.1 Å². The first-order valence-corrected chi connectivity index (χ1v) is 9.58. The molecule has 1 aromatic rings. The summed E-state index contributed by atoms with van der Waals surface area (Å²) in [5, 5.41) is 6.54. The molecule has 140 valence electrons. The molecule has 2 saturated heterocycles. The van der Waals surface area contributed by atoms with Crippen molar-refractivity contribution < 1.29 is 9.59 Å². The Kier molecular flexibility index (Phi) is 6.38. The number of rotatable bonds is 4. The van der Waals surface area contributed by atoms with Crippen LogP contribution >= 0.6 is 12.2 Å². The molecule has 1 aromatic heterocycles. The molecule has 3 heterocycles. The SMILES string of the molecule is O=C(CN1CCCCC(NC(=S)Nc2cccnc2)C1=O)N1CCCC1. The average molecular weight is 375 g/mol. The van der Waals surface area contributed by atoms with Gasteiger partial charge >= 0.3 is 0 Å². The van der Waals surface area contributed by atoms with Crippen molar-refractivity contribution in [3.8, 4) is 0 Å². The molecule has 0 aromatic carbocycles. The van der Waals surface area contributed by atoms with E-state index in [9.17, 15) is 9.59 Å². The smallest absolute Gasteiger partial charge is 0.245 e. The highest BCUT2D eigenvalue weighted by molar-refractivity contribution is 7.80. The maximum Gasteiger partial charge on any atom is 0.245 e. The fourth-order valence-corrected chi connectivity index (χ4v) is 3.65. The number of anilines is 1. The van der Waals surface area contributed by atoms with Crippen LogP contribution in [0.4, 0.5) is 5.69 Å². The lowest BCUT2D eigenvalue weighted by Crippen LogP contribution is -2.51. The number of amides is 2. The van der Waals surface area contributed by atoms with Crippen LogP contribution < -0.4 is 10.6 Å². The second kappa shape index (κ2) is 8.93. The van der Waals surface area contributed by atoms with Gasteiger partial charge in [-0.1, -0.05) is 0 Å². The molecule has 0 radical (unpaired) electrons. The zero-order valence-corrected chi connectivity index (χ0v) is 15.6. The molecule has 0 spiro atoms. The zero-order valence-electron chi connectivity index (χ0n) is 14.8. The molecular formula is C18H25N5O2S. The van der Waals surface area contributed by atoms with E-state index in [1.54, 1.807) is 17.3 Å². The first-order chi connectivity index (χ1) is 12.6. The third kappa shape index (κ3) is 4.91. The van der Waals surface area contributed by atoms with Gasteiger partial charge in [-0.05, 0) is 56.5 Å². The van der Waals surface area contributed by atoms with Crippen molar-refractivity contribution in [1.29, 1.82) is 0 Å². The summed E-state index contributed by atoms with van der Waals surface area (Å²) in [6, 6.07) is 3.27. The van der Waals surface area contributed by atoms with E-state index in [0.29, 0.717) is 18.1 Å². The van der Waals surface area contributed by atoms with E-state index in [2.05, 4.69) is 15.6 Å². The van der Waals surface area contributed by atoms with Crippen molar-refractivity contribution in [3.63, 3.8) is 0 Å². The first-order valence-electron chi connectivity index (χ1n) is 9.17. The van der Waals surface area contributed by atoms with Gasteiger partial charge in [0.15, 0.2) is 5.11 Å². The van der Waals surface area contributed by atoms with Crippen molar-refractivity contribution in [3.05, 3.63) is 24.5 Å². The number of carbonyl (C=O) groups excluding carboxylic acids is 2. The van der Waals surface area contributed by atoms with Gasteiger partial charge < -0.3 is 20.4 Å². The predicted octanol–water partition coefficient (Wildman–Crippen LogP) is 1.37. The number of nitrogens with zero attached hydrogens (tertiary/aromatic N) is 3. The fourth-order valence-electron chi connectivity index (χ4n) is 3.39. The number of hydrogen-bond acceptors (Lipinski definition) is 4. The Bertz CT molecular complexity index is 648. The van der Waals surface area contributed by atoms with Crippen LogP contribution in [-0.4, -0.2) is 63.9 Å². The number of likely N-dealkylation sites (tertiary alicyclic amines) is 2. The standard InChI is InChI=1S/C18H25N5O2S/c24-16(22-9-3-4-10-22)13-23-11-2-1-7-15(17(23)25)21-18(26)20-14-6-5-8-19-12-14/h5-6,8,12,15H,1-4,7,9-11,13H2,(H2,20,21,26). The molecule has 7 nitrogen and oxygen atoms in total. The van der Waals surface area contributed by atoms with Gasteiger partial charge in [-0.3, -0.25) is 14.6 Å². The van der Waals surface area contributed by atoms with E-state index in [4.69, 9.17) is 12.2 Å². The molecule has 0 aliphatic carbocycles. The van der Waals surface area contributed by atoms with Crippen LogP contribution in [-0.2, 0) is 9.59 Å². The quantitative estimate of drug-likeness (QED) is 0.774. The predicted molar refractivity (Wildman–Crippen MR) is 104 cm³/mol. The van der Waals surface area contributed by atoms with Crippen LogP contribution in [0.2, 0.25) is 0 Å². The third-order valence-electron chi connectivity index (χ3n) is 4.79. The van der Waals surface area contributed by atoms with Gasteiger partial charge in [0.25, 0.3) is 0 Å². The Morgan fingerprint density at radius 1 is 1.23 bits per heavy atom. The van der Waals surface area contributed by atoms with E-state index >= 15 is 0 Å². The Morgan fingerprint density at radius 3 is 2.73 bits per heavy atom. The summed E-state index contributed by atoms with van der Waals surface area (Å²) in [5.41, 5.74) is 0.770. The van der Waals surface area contributed by atoms with Gasteiger partial charge in [0, 0.05) is 25.8 Å². The number of aromatic nitrogens is 1. The molecule has 26 heavy (non-hydrogen) atoms. The molecule has 2 N–H and O–H groups in total. The van der Waals surface area contributed by atoms with E-state index in [-0.39, 0.29) is 18.4 Å². The van der Waals surface area contributed by atoms with Gasteiger partial charge in [0.1, 0.15) is 6.04 Å². The minimum Gasteiger partial charge on any atom is -0.351 e. The van der Waals surface area contributed by atoms with Crippen LogP contribution in [0.1, 0.15) is 32.1 Å². The Morgan fingerprint density at radius 2 is 2.00 bits per heavy atom.